The molecule has 0 bridgehead atoms. The summed E-state index contributed by atoms with van der Waals surface area (Å²) in [4.78, 5) is 12.0. The summed E-state index contributed by atoms with van der Waals surface area (Å²) in [6, 6.07) is 12.0. The summed E-state index contributed by atoms with van der Waals surface area (Å²) in [5.74, 6) is 0.0751. The molecule has 0 saturated carbocycles. The van der Waals surface area contributed by atoms with E-state index < -0.39 is 51.4 Å². The molecule has 1 aliphatic heterocycles. The average molecular weight is 576 g/mol. The Kier molecular flexibility index (Phi) is 7.13. The topological polar surface area (TPSA) is 186 Å². The van der Waals surface area contributed by atoms with Crippen LogP contribution in [0.3, 0.4) is 0 Å². The minimum absolute atomic E-state index is 0.0751. The van der Waals surface area contributed by atoms with Gasteiger partial charge in [-0.1, -0.05) is 35.4 Å². The van der Waals surface area contributed by atoms with Crippen LogP contribution in [-0.2, 0) is 33.3 Å². The predicted molar refractivity (Wildman–Crippen MR) is 137 cm³/mol. The van der Waals surface area contributed by atoms with Crippen LogP contribution in [0.15, 0.2) is 71.0 Å². The highest BCUT2D eigenvalue weighted by atomic mass is 32.2. The van der Waals surface area contributed by atoms with E-state index in [4.69, 9.17) is 18.8 Å². The van der Waals surface area contributed by atoms with Crippen molar-refractivity contribution in [2.75, 3.05) is 12.3 Å². The molecule has 4 atom stereocenters. The van der Waals surface area contributed by atoms with E-state index in [0.717, 1.165) is 11.1 Å². The van der Waals surface area contributed by atoms with Crippen molar-refractivity contribution in [1.82, 2.24) is 19.5 Å². The Hall–Kier alpha value is -3.47. The fourth-order valence-corrected chi connectivity index (χ4v) is 6.08. The molecule has 2 aromatic heterocycles. The molecular weight excluding hydrogens is 550 g/mol. The van der Waals surface area contributed by atoms with Crippen molar-refractivity contribution >= 4 is 37.2 Å². The third-order valence-corrected chi connectivity index (χ3v) is 8.84. The standard InChI is InChI=1S/C24H25N5O8S2/c1-14-3-7-16(8-4-14)38(31,32)35-11-18-20(30)21(37-39(33,34)17-9-5-15(2)6-10-17)24(36-18)29-13-28-19-22(25)26-12-27-23(19)29/h3-10,12-13,18,20-21,24,30H,11H2,1-2H3,(H2,25,26,27)/t18-,20-,21-,24-/m1/s1. The van der Waals surface area contributed by atoms with Gasteiger partial charge in [0.05, 0.1) is 22.7 Å². The van der Waals surface area contributed by atoms with Crippen LogP contribution in [0.4, 0.5) is 5.82 Å². The number of aliphatic hydroxyl groups excluding tert-OH is 1. The van der Waals surface area contributed by atoms with Crippen LogP contribution < -0.4 is 5.73 Å². The lowest BCUT2D eigenvalue weighted by atomic mass is 10.1. The molecule has 0 aliphatic carbocycles. The van der Waals surface area contributed by atoms with Gasteiger partial charge in [-0.2, -0.15) is 16.8 Å². The molecule has 0 unspecified atom stereocenters. The summed E-state index contributed by atoms with van der Waals surface area (Å²) in [7, 11) is -8.59. The largest absolute Gasteiger partial charge is 0.387 e. The van der Waals surface area contributed by atoms with Crippen LogP contribution >= 0.6 is 0 Å². The molecule has 0 amide bonds. The number of nitrogens with zero attached hydrogens (tertiary/aromatic N) is 4. The van der Waals surface area contributed by atoms with Crippen molar-refractivity contribution in [2.24, 2.45) is 0 Å². The number of aryl methyl sites for hydroxylation is 2. The van der Waals surface area contributed by atoms with E-state index in [9.17, 15) is 21.9 Å². The number of imidazole rings is 1. The van der Waals surface area contributed by atoms with E-state index in [1.807, 2.05) is 6.92 Å². The van der Waals surface area contributed by atoms with Crippen LogP contribution in [0.1, 0.15) is 17.4 Å². The molecule has 0 spiro atoms. The SMILES string of the molecule is Cc1ccc(S(=O)(=O)OC[C@H]2O[C@@H](n3cnc4c(N)ncnc43)[C@H](OS(=O)(=O)c3ccc(C)cc3)[C@@H]2O)cc1. The Balaban J connectivity index is 1.46. The lowest BCUT2D eigenvalue weighted by Gasteiger charge is -2.21. The zero-order valence-electron chi connectivity index (χ0n) is 20.8. The van der Waals surface area contributed by atoms with Gasteiger partial charge in [0.15, 0.2) is 23.8 Å². The summed E-state index contributed by atoms with van der Waals surface area (Å²) in [6.07, 6.45) is -3.27. The number of ether oxygens (including phenoxy) is 1. The van der Waals surface area contributed by atoms with E-state index >= 15 is 0 Å². The molecule has 0 radical (unpaired) electrons. The molecule has 4 aromatic rings. The molecule has 1 fully saturated rings. The highest BCUT2D eigenvalue weighted by molar-refractivity contribution is 7.87. The van der Waals surface area contributed by atoms with Gasteiger partial charge >= 0.3 is 0 Å². The van der Waals surface area contributed by atoms with Crippen LogP contribution in [0.5, 0.6) is 0 Å². The number of rotatable bonds is 8. The van der Waals surface area contributed by atoms with Crippen LogP contribution in [-0.4, -0.2) is 66.4 Å². The smallest absolute Gasteiger partial charge is 0.297 e. The van der Waals surface area contributed by atoms with Gasteiger partial charge in [0.2, 0.25) is 0 Å². The van der Waals surface area contributed by atoms with E-state index in [1.54, 1.807) is 31.2 Å². The summed E-state index contributed by atoms with van der Waals surface area (Å²) in [5, 5.41) is 11.1. The van der Waals surface area contributed by atoms with Crippen molar-refractivity contribution in [3.63, 3.8) is 0 Å². The van der Waals surface area contributed by atoms with Gasteiger partial charge in [0.25, 0.3) is 20.2 Å². The first kappa shape index (κ1) is 27.1. The Morgan fingerprint density at radius 1 is 0.923 bits per heavy atom. The molecule has 3 N–H and O–H groups in total. The third kappa shape index (κ3) is 5.36. The fraction of sp³-hybridized carbons (Fsp3) is 0.292. The molecule has 3 heterocycles. The monoisotopic (exact) mass is 575 g/mol. The first-order valence-electron chi connectivity index (χ1n) is 11.7. The molecule has 5 rings (SSSR count). The first-order valence-corrected chi connectivity index (χ1v) is 14.5. The Morgan fingerprint density at radius 2 is 1.51 bits per heavy atom. The van der Waals surface area contributed by atoms with Crippen molar-refractivity contribution in [3.8, 4) is 0 Å². The predicted octanol–water partition coefficient (Wildman–Crippen LogP) is 1.46. The third-order valence-electron chi connectivity index (χ3n) is 6.22. The number of nitrogen functional groups attached to an aromatic ring is 1. The van der Waals surface area contributed by atoms with Crippen molar-refractivity contribution in [3.05, 3.63) is 72.3 Å². The molecule has 13 nitrogen and oxygen atoms in total. The second kappa shape index (κ2) is 10.3. The minimum atomic E-state index is -4.38. The summed E-state index contributed by atoms with van der Waals surface area (Å²) < 4.78 is 69.6. The van der Waals surface area contributed by atoms with Gasteiger partial charge in [0, 0.05) is 0 Å². The Morgan fingerprint density at radius 3 is 2.13 bits per heavy atom. The number of nitrogens with two attached hydrogens (primary N) is 1. The van der Waals surface area contributed by atoms with Gasteiger partial charge < -0.3 is 15.6 Å². The normalized spacial score (nSPS) is 21.9. The molecular formula is C24H25N5O8S2. The van der Waals surface area contributed by atoms with Crippen LogP contribution in [0.2, 0.25) is 0 Å². The summed E-state index contributed by atoms with van der Waals surface area (Å²) >= 11 is 0. The second-order valence-corrected chi connectivity index (χ2v) is 12.2. The van der Waals surface area contributed by atoms with Crippen LogP contribution in [0.25, 0.3) is 11.2 Å². The van der Waals surface area contributed by atoms with Gasteiger partial charge in [-0.3, -0.25) is 12.9 Å². The van der Waals surface area contributed by atoms with E-state index in [1.165, 1.54) is 41.5 Å². The van der Waals surface area contributed by atoms with Crippen LogP contribution in [0, 0.1) is 13.8 Å². The van der Waals surface area contributed by atoms with E-state index in [2.05, 4.69) is 15.0 Å². The molecule has 1 saturated heterocycles. The van der Waals surface area contributed by atoms with Gasteiger partial charge in [-0.15, -0.1) is 0 Å². The molecule has 1 aliphatic rings. The number of aromatic nitrogens is 4. The van der Waals surface area contributed by atoms with Crippen molar-refractivity contribution < 1.29 is 35.0 Å². The van der Waals surface area contributed by atoms with E-state index in [-0.39, 0.29) is 26.8 Å². The van der Waals surface area contributed by atoms with E-state index in [0.29, 0.717) is 0 Å². The zero-order valence-corrected chi connectivity index (χ0v) is 22.4. The number of benzene rings is 2. The number of anilines is 1. The maximum absolute atomic E-state index is 13.1. The molecule has 39 heavy (non-hydrogen) atoms. The molecule has 15 heteroatoms. The maximum atomic E-state index is 13.1. The fourth-order valence-electron chi connectivity index (χ4n) is 4.08. The van der Waals surface area contributed by atoms with Gasteiger partial charge in [-0.25, -0.2) is 15.0 Å². The molecule has 2 aromatic carbocycles. The quantitative estimate of drug-likeness (QED) is 0.289. The maximum Gasteiger partial charge on any atom is 0.297 e. The second-order valence-electron chi connectivity index (χ2n) is 9.02. The highest BCUT2D eigenvalue weighted by Gasteiger charge is 2.49. The zero-order chi connectivity index (χ0) is 27.9. The number of hydrogen-bond acceptors (Lipinski definition) is 12. The summed E-state index contributed by atoms with van der Waals surface area (Å²) in [5.41, 5.74) is 7.98. The summed E-state index contributed by atoms with van der Waals surface area (Å²) in [6.45, 7) is 2.99. The Labute approximate surface area is 224 Å². The lowest BCUT2D eigenvalue weighted by molar-refractivity contribution is -0.0433. The average Bonchev–Trinajstić information content (AvgIpc) is 3.45. The highest BCUT2D eigenvalue weighted by Crippen LogP contribution is 2.36. The number of hydrogen-bond donors (Lipinski definition) is 2. The lowest BCUT2D eigenvalue weighted by Crippen LogP contribution is -2.37. The Bertz CT molecular complexity index is 1710. The van der Waals surface area contributed by atoms with Gasteiger partial charge in [-0.05, 0) is 38.1 Å². The van der Waals surface area contributed by atoms with Gasteiger partial charge in [0.1, 0.15) is 24.1 Å². The first-order chi connectivity index (χ1) is 18.5. The number of fused-ring (bicyclic) bond motifs is 1. The minimum Gasteiger partial charge on any atom is -0.387 e. The molecule has 206 valence electrons. The van der Waals surface area contributed by atoms with Crippen molar-refractivity contribution in [2.45, 2.75) is 48.2 Å². The van der Waals surface area contributed by atoms with Crippen molar-refractivity contribution in [1.29, 1.82) is 0 Å². The number of aliphatic hydroxyl groups is 1.